The summed E-state index contributed by atoms with van der Waals surface area (Å²) in [6.07, 6.45) is 3.81. The van der Waals surface area contributed by atoms with E-state index in [0.29, 0.717) is 18.6 Å². The zero-order valence-electron chi connectivity index (χ0n) is 15.5. The fourth-order valence-corrected chi connectivity index (χ4v) is 4.11. The van der Waals surface area contributed by atoms with Crippen molar-refractivity contribution in [1.82, 2.24) is 9.88 Å². The quantitative estimate of drug-likeness (QED) is 0.820. The molecule has 1 saturated heterocycles. The number of nitriles is 1. The Kier molecular flexibility index (Phi) is 4.55. The van der Waals surface area contributed by atoms with Gasteiger partial charge in [-0.1, -0.05) is 6.92 Å². The van der Waals surface area contributed by atoms with Crippen molar-refractivity contribution in [2.75, 3.05) is 24.5 Å². The van der Waals surface area contributed by atoms with Crippen molar-refractivity contribution in [3.8, 4) is 6.07 Å². The van der Waals surface area contributed by atoms with E-state index >= 15 is 4.39 Å². The number of nitrogens with zero attached hydrogens (tertiary/aromatic N) is 3. The first-order chi connectivity index (χ1) is 13.5. The van der Waals surface area contributed by atoms with E-state index in [1.807, 2.05) is 11.8 Å². The summed E-state index contributed by atoms with van der Waals surface area (Å²) in [4.78, 5) is 26.0. The van der Waals surface area contributed by atoms with Gasteiger partial charge in [0.2, 0.25) is 5.43 Å². The Morgan fingerprint density at radius 2 is 2.18 bits per heavy atom. The molecule has 2 aliphatic rings. The van der Waals surface area contributed by atoms with E-state index in [2.05, 4.69) is 11.4 Å². The van der Waals surface area contributed by atoms with Gasteiger partial charge >= 0.3 is 5.97 Å². The number of hydrogen-bond acceptors (Lipinski definition) is 5. The van der Waals surface area contributed by atoms with E-state index in [1.165, 1.54) is 6.20 Å². The molecule has 146 valence electrons. The highest BCUT2D eigenvalue weighted by Crippen LogP contribution is 2.40. The monoisotopic (exact) mass is 384 g/mol. The van der Waals surface area contributed by atoms with Crippen molar-refractivity contribution in [3.63, 3.8) is 0 Å². The lowest BCUT2D eigenvalue weighted by atomic mass is 10.0. The molecule has 1 saturated carbocycles. The number of likely N-dealkylation sites (N-methyl/N-ethyl adjacent to an activating group) is 1. The van der Waals surface area contributed by atoms with Crippen molar-refractivity contribution >= 4 is 22.6 Å². The van der Waals surface area contributed by atoms with Crippen LogP contribution in [0.3, 0.4) is 0 Å². The summed E-state index contributed by atoms with van der Waals surface area (Å²) in [7, 11) is 0. The van der Waals surface area contributed by atoms with Gasteiger partial charge in [0, 0.05) is 31.4 Å². The fourth-order valence-electron chi connectivity index (χ4n) is 4.11. The molecule has 0 bridgehead atoms. The lowest BCUT2D eigenvalue weighted by Gasteiger charge is -2.23. The zero-order chi connectivity index (χ0) is 20.0. The van der Waals surface area contributed by atoms with Crippen LogP contribution in [0.5, 0.6) is 0 Å². The van der Waals surface area contributed by atoms with Crippen LogP contribution in [-0.2, 0) is 0 Å². The Morgan fingerprint density at radius 3 is 2.79 bits per heavy atom. The number of nitrogens with one attached hydrogen (secondary N) is 1. The number of hydrogen-bond donors (Lipinski definition) is 2. The van der Waals surface area contributed by atoms with Crippen LogP contribution in [0.25, 0.3) is 10.9 Å². The number of anilines is 1. The van der Waals surface area contributed by atoms with Gasteiger partial charge in [-0.2, -0.15) is 5.26 Å². The maximum atomic E-state index is 15.1. The number of carboxylic acids is 1. The standard InChI is InChI=1S/C20H21FN4O3/c1-2-23-11-5-6-24(9-11)18-14(8-22)17-13(7-16(18)21)19(26)15(20(27)28)10-25(17)12-3-4-12/h7,10-12,23H,2-6,9H2,1H3,(H,27,28). The highest BCUT2D eigenvalue weighted by molar-refractivity contribution is 5.96. The average molecular weight is 384 g/mol. The van der Waals surface area contributed by atoms with Gasteiger partial charge in [-0.05, 0) is 31.9 Å². The molecule has 2 aromatic rings. The number of aromatic nitrogens is 1. The number of fused-ring (bicyclic) bond motifs is 1. The normalized spacial score (nSPS) is 19.2. The summed E-state index contributed by atoms with van der Waals surface area (Å²) in [5, 5.41) is 22.5. The number of pyridine rings is 1. The van der Waals surface area contributed by atoms with Crippen molar-refractivity contribution in [2.45, 2.75) is 38.3 Å². The second-order valence-electron chi connectivity index (χ2n) is 7.39. The van der Waals surface area contributed by atoms with Gasteiger partial charge in [-0.15, -0.1) is 0 Å². The highest BCUT2D eigenvalue weighted by atomic mass is 19.1. The van der Waals surface area contributed by atoms with E-state index in [0.717, 1.165) is 31.9 Å². The first-order valence-electron chi connectivity index (χ1n) is 9.49. The van der Waals surface area contributed by atoms with Crippen LogP contribution < -0.4 is 15.6 Å². The molecule has 2 fully saturated rings. The SMILES string of the molecule is CCNC1CCN(c2c(F)cc3c(=O)c(C(=O)O)cn(C4CC4)c3c2C#N)C1. The molecule has 1 aliphatic carbocycles. The first kappa shape index (κ1) is 18.4. The summed E-state index contributed by atoms with van der Waals surface area (Å²) >= 11 is 0. The maximum Gasteiger partial charge on any atom is 0.341 e. The van der Waals surface area contributed by atoms with Gasteiger partial charge in [-0.25, -0.2) is 9.18 Å². The molecule has 8 heteroatoms. The highest BCUT2D eigenvalue weighted by Gasteiger charge is 2.32. The Hall–Kier alpha value is -2.92. The van der Waals surface area contributed by atoms with Gasteiger partial charge < -0.3 is 19.9 Å². The largest absolute Gasteiger partial charge is 0.477 e. The van der Waals surface area contributed by atoms with Crippen molar-refractivity contribution in [3.05, 3.63) is 39.4 Å². The molecule has 28 heavy (non-hydrogen) atoms. The van der Waals surface area contributed by atoms with Crippen molar-refractivity contribution in [2.24, 2.45) is 0 Å². The first-order valence-corrected chi connectivity index (χ1v) is 9.49. The predicted octanol–water partition coefficient (Wildman–Crippen LogP) is 2.23. The van der Waals surface area contributed by atoms with E-state index in [1.54, 1.807) is 4.57 Å². The third kappa shape index (κ3) is 2.92. The minimum atomic E-state index is -1.35. The lowest BCUT2D eigenvalue weighted by molar-refractivity contribution is 0.0695. The molecule has 1 atom stereocenters. The third-order valence-corrected chi connectivity index (χ3v) is 5.52. The predicted molar refractivity (Wildman–Crippen MR) is 102 cm³/mol. The molecule has 2 heterocycles. The Bertz CT molecular complexity index is 1070. The molecular formula is C20H21FN4O3. The summed E-state index contributed by atoms with van der Waals surface area (Å²) < 4.78 is 16.8. The van der Waals surface area contributed by atoms with Crippen molar-refractivity contribution < 1.29 is 14.3 Å². The topological polar surface area (TPSA) is 98.4 Å². The molecule has 1 unspecified atom stereocenters. The number of carbonyl (C=O) groups is 1. The van der Waals surface area contributed by atoms with E-state index in [-0.39, 0.29) is 28.7 Å². The van der Waals surface area contributed by atoms with Crippen molar-refractivity contribution in [1.29, 1.82) is 5.26 Å². The number of halogens is 1. The van der Waals surface area contributed by atoms with Crippen LogP contribution in [0, 0.1) is 17.1 Å². The van der Waals surface area contributed by atoms with Crippen LogP contribution in [-0.4, -0.2) is 41.3 Å². The zero-order valence-corrected chi connectivity index (χ0v) is 15.5. The van der Waals surface area contributed by atoms with Crippen LogP contribution in [0.2, 0.25) is 0 Å². The fraction of sp³-hybridized carbons (Fsp3) is 0.450. The molecule has 2 N–H and O–H groups in total. The Morgan fingerprint density at radius 1 is 1.43 bits per heavy atom. The van der Waals surface area contributed by atoms with Crippen LogP contribution >= 0.6 is 0 Å². The van der Waals surface area contributed by atoms with E-state index in [9.17, 15) is 20.0 Å². The van der Waals surface area contributed by atoms with E-state index < -0.39 is 22.8 Å². The minimum Gasteiger partial charge on any atom is -0.477 e. The summed E-state index contributed by atoms with van der Waals surface area (Å²) in [6.45, 7) is 4.00. The van der Waals surface area contributed by atoms with Gasteiger partial charge in [0.15, 0.2) is 0 Å². The number of benzene rings is 1. The number of aromatic carboxylic acids is 1. The minimum absolute atomic E-state index is 0.0275. The molecule has 0 amide bonds. The second kappa shape index (κ2) is 6.91. The van der Waals surface area contributed by atoms with Crippen LogP contribution in [0.4, 0.5) is 10.1 Å². The van der Waals surface area contributed by atoms with Crippen LogP contribution in [0.1, 0.15) is 48.1 Å². The van der Waals surface area contributed by atoms with Gasteiger partial charge in [-0.3, -0.25) is 4.79 Å². The van der Waals surface area contributed by atoms with Gasteiger partial charge in [0.1, 0.15) is 23.0 Å². The Balaban J connectivity index is 1.97. The third-order valence-electron chi connectivity index (χ3n) is 5.52. The second-order valence-corrected chi connectivity index (χ2v) is 7.39. The molecule has 1 aromatic heterocycles. The Labute approximate surface area is 161 Å². The number of carboxylic acid groups (broad SMARTS) is 1. The van der Waals surface area contributed by atoms with Gasteiger partial charge in [0.05, 0.1) is 16.6 Å². The molecule has 0 spiro atoms. The molecule has 1 aliphatic heterocycles. The smallest absolute Gasteiger partial charge is 0.341 e. The summed E-state index contributed by atoms with van der Waals surface area (Å²) in [5.41, 5.74) is -0.513. The average Bonchev–Trinajstić information content (AvgIpc) is 3.40. The number of rotatable bonds is 5. The van der Waals surface area contributed by atoms with Crippen LogP contribution in [0.15, 0.2) is 17.1 Å². The maximum absolute atomic E-state index is 15.1. The summed E-state index contributed by atoms with van der Waals surface area (Å²) in [6, 6.07) is 3.43. The molecule has 0 radical (unpaired) electrons. The van der Waals surface area contributed by atoms with E-state index in [4.69, 9.17) is 0 Å². The molecular weight excluding hydrogens is 363 g/mol. The lowest BCUT2D eigenvalue weighted by Crippen LogP contribution is -2.33. The summed E-state index contributed by atoms with van der Waals surface area (Å²) in [5.74, 6) is -2.01. The van der Waals surface area contributed by atoms with Gasteiger partial charge in [0.25, 0.3) is 0 Å². The molecule has 7 nitrogen and oxygen atoms in total. The molecule has 4 rings (SSSR count). The molecule has 1 aromatic carbocycles.